The Morgan fingerprint density at radius 2 is 1.78 bits per heavy atom. The van der Waals surface area contributed by atoms with Gasteiger partial charge in [-0.1, -0.05) is 36.4 Å². The summed E-state index contributed by atoms with van der Waals surface area (Å²) in [6.07, 6.45) is -3.65. The third-order valence-electron chi connectivity index (χ3n) is 3.39. The highest BCUT2D eigenvalue weighted by Crippen LogP contribution is 2.27. The van der Waals surface area contributed by atoms with Gasteiger partial charge in [-0.05, 0) is 30.5 Å². The van der Waals surface area contributed by atoms with E-state index < -0.39 is 18.0 Å². The van der Waals surface area contributed by atoms with Crippen molar-refractivity contribution in [2.75, 3.05) is 6.54 Å². The first kappa shape index (κ1) is 17.4. The summed E-state index contributed by atoms with van der Waals surface area (Å²) in [5.41, 5.74) is 0.544. The first-order valence-corrected chi connectivity index (χ1v) is 7.41. The van der Waals surface area contributed by atoms with E-state index in [1.165, 1.54) is 12.1 Å². The van der Waals surface area contributed by atoms with Gasteiger partial charge in [-0.25, -0.2) is 4.98 Å². The number of nitrogens with one attached hydrogen (secondary N) is 1. The lowest BCUT2D eigenvalue weighted by Crippen LogP contribution is -2.27. The molecule has 124 valence electrons. The van der Waals surface area contributed by atoms with E-state index in [1.54, 1.807) is 0 Å². The second kappa shape index (κ2) is 8.08. The molecule has 0 fully saturated rings. The molecule has 0 aliphatic heterocycles. The summed E-state index contributed by atoms with van der Waals surface area (Å²) < 4.78 is 37.7. The van der Waals surface area contributed by atoms with E-state index in [2.05, 4.69) is 10.3 Å². The molecule has 3 nitrogen and oxygen atoms in total. The molecule has 2 rings (SSSR count). The van der Waals surface area contributed by atoms with Crippen LogP contribution in [0.5, 0.6) is 0 Å². The molecule has 2 N–H and O–H groups in total. The minimum absolute atomic E-state index is 0.187. The Morgan fingerprint density at radius 1 is 1.04 bits per heavy atom. The lowest BCUT2D eigenvalue weighted by Gasteiger charge is -2.12. The number of aliphatic hydroxyl groups excluding tert-OH is 1. The highest BCUT2D eigenvalue weighted by atomic mass is 19.4. The molecular formula is C17H19F3N2O. The number of aryl methyl sites for hydroxylation is 1. The van der Waals surface area contributed by atoms with Crippen LogP contribution < -0.4 is 5.32 Å². The summed E-state index contributed by atoms with van der Waals surface area (Å²) in [5, 5.41) is 12.8. The average molecular weight is 324 g/mol. The van der Waals surface area contributed by atoms with E-state index in [1.807, 2.05) is 30.3 Å². The molecule has 0 aliphatic rings. The van der Waals surface area contributed by atoms with Gasteiger partial charge in [0, 0.05) is 13.1 Å². The Morgan fingerprint density at radius 3 is 2.48 bits per heavy atom. The van der Waals surface area contributed by atoms with Crippen molar-refractivity contribution in [2.24, 2.45) is 0 Å². The third kappa shape index (κ3) is 6.00. The fourth-order valence-corrected chi connectivity index (χ4v) is 2.18. The number of benzene rings is 1. The van der Waals surface area contributed by atoms with Crippen LogP contribution in [0.1, 0.15) is 23.4 Å². The quantitative estimate of drug-likeness (QED) is 0.822. The molecule has 0 aliphatic carbocycles. The molecule has 1 heterocycles. The Kier molecular flexibility index (Phi) is 6.12. The smallest absolute Gasteiger partial charge is 0.392 e. The summed E-state index contributed by atoms with van der Waals surface area (Å²) in [5.74, 6) is 0. The van der Waals surface area contributed by atoms with E-state index in [0.717, 1.165) is 18.1 Å². The fourth-order valence-electron chi connectivity index (χ4n) is 2.18. The van der Waals surface area contributed by atoms with E-state index in [0.29, 0.717) is 18.7 Å². The Labute approximate surface area is 133 Å². The molecule has 0 spiro atoms. The summed E-state index contributed by atoms with van der Waals surface area (Å²) in [6.45, 7) is 0.497. The molecule has 0 radical (unpaired) electrons. The minimum Gasteiger partial charge on any atom is -0.392 e. The lowest BCUT2D eigenvalue weighted by atomic mass is 10.1. The van der Waals surface area contributed by atoms with E-state index in [4.69, 9.17) is 0 Å². The Bertz CT molecular complexity index is 602. The van der Waals surface area contributed by atoms with Gasteiger partial charge in [0.05, 0.1) is 11.8 Å². The van der Waals surface area contributed by atoms with Crippen molar-refractivity contribution in [3.8, 4) is 0 Å². The zero-order chi connectivity index (χ0) is 16.7. The van der Waals surface area contributed by atoms with Gasteiger partial charge in [-0.15, -0.1) is 0 Å². The second-order valence-electron chi connectivity index (χ2n) is 5.32. The maximum Gasteiger partial charge on any atom is 0.433 e. The Balaban J connectivity index is 1.74. The molecule has 0 saturated carbocycles. The van der Waals surface area contributed by atoms with Crippen molar-refractivity contribution in [1.82, 2.24) is 10.3 Å². The minimum atomic E-state index is -4.44. The standard InChI is InChI=1S/C17H19F3N2O/c18-17(19,20)16-8-4-7-14(22-16)11-21-12-15(23)10-9-13-5-2-1-3-6-13/h1-8,15,21,23H,9-12H2. The highest BCUT2D eigenvalue weighted by molar-refractivity contribution is 5.15. The van der Waals surface area contributed by atoms with Crippen LogP contribution in [0.15, 0.2) is 48.5 Å². The first-order valence-electron chi connectivity index (χ1n) is 7.41. The first-order chi connectivity index (χ1) is 10.9. The molecule has 0 bridgehead atoms. The number of alkyl halides is 3. The number of aromatic nitrogens is 1. The molecule has 1 atom stereocenters. The molecule has 1 aromatic heterocycles. The van der Waals surface area contributed by atoms with Crippen LogP contribution in [-0.4, -0.2) is 22.7 Å². The Hall–Kier alpha value is -1.92. The van der Waals surface area contributed by atoms with E-state index in [-0.39, 0.29) is 6.54 Å². The maximum absolute atomic E-state index is 12.6. The molecule has 0 amide bonds. The summed E-state index contributed by atoms with van der Waals surface area (Å²) in [4.78, 5) is 3.57. The number of hydrogen-bond acceptors (Lipinski definition) is 3. The second-order valence-corrected chi connectivity index (χ2v) is 5.32. The number of aliphatic hydroxyl groups is 1. The number of rotatable bonds is 7. The highest BCUT2D eigenvalue weighted by Gasteiger charge is 2.32. The van der Waals surface area contributed by atoms with Crippen molar-refractivity contribution in [1.29, 1.82) is 0 Å². The number of halogens is 3. The van der Waals surface area contributed by atoms with Gasteiger partial charge in [0.25, 0.3) is 0 Å². The van der Waals surface area contributed by atoms with Crippen molar-refractivity contribution in [3.05, 3.63) is 65.5 Å². The summed E-state index contributed by atoms with van der Waals surface area (Å²) in [7, 11) is 0. The number of nitrogens with zero attached hydrogens (tertiary/aromatic N) is 1. The SMILES string of the molecule is OC(CCc1ccccc1)CNCc1cccc(C(F)(F)F)n1. The molecule has 6 heteroatoms. The summed E-state index contributed by atoms with van der Waals surface area (Å²) >= 11 is 0. The van der Waals surface area contributed by atoms with Gasteiger partial charge >= 0.3 is 6.18 Å². The monoisotopic (exact) mass is 324 g/mol. The van der Waals surface area contributed by atoms with Gasteiger partial charge in [0.2, 0.25) is 0 Å². The molecule has 2 aromatic rings. The average Bonchev–Trinajstić information content (AvgIpc) is 2.53. The lowest BCUT2D eigenvalue weighted by molar-refractivity contribution is -0.141. The molecule has 23 heavy (non-hydrogen) atoms. The van der Waals surface area contributed by atoms with Gasteiger partial charge in [0.1, 0.15) is 5.69 Å². The fraction of sp³-hybridized carbons (Fsp3) is 0.353. The summed E-state index contributed by atoms with van der Waals surface area (Å²) in [6, 6.07) is 13.6. The van der Waals surface area contributed by atoms with Crippen molar-refractivity contribution < 1.29 is 18.3 Å². The zero-order valence-electron chi connectivity index (χ0n) is 12.6. The molecule has 1 unspecified atom stereocenters. The number of pyridine rings is 1. The van der Waals surface area contributed by atoms with Crippen LogP contribution in [0, 0.1) is 0 Å². The predicted molar refractivity (Wildman–Crippen MR) is 81.7 cm³/mol. The van der Waals surface area contributed by atoms with E-state index in [9.17, 15) is 18.3 Å². The predicted octanol–water partition coefficient (Wildman–Crippen LogP) is 3.18. The zero-order valence-corrected chi connectivity index (χ0v) is 12.6. The van der Waals surface area contributed by atoms with Crippen molar-refractivity contribution in [2.45, 2.75) is 31.7 Å². The van der Waals surface area contributed by atoms with Crippen LogP contribution in [0.3, 0.4) is 0 Å². The van der Waals surface area contributed by atoms with Gasteiger partial charge < -0.3 is 10.4 Å². The molecule has 1 aromatic carbocycles. The molecular weight excluding hydrogens is 305 g/mol. The van der Waals surface area contributed by atoms with Crippen molar-refractivity contribution in [3.63, 3.8) is 0 Å². The normalized spacial score (nSPS) is 13.0. The van der Waals surface area contributed by atoms with Crippen LogP contribution in [-0.2, 0) is 19.1 Å². The number of hydrogen-bond donors (Lipinski definition) is 2. The van der Waals surface area contributed by atoms with Crippen LogP contribution in [0.4, 0.5) is 13.2 Å². The third-order valence-corrected chi connectivity index (χ3v) is 3.39. The topological polar surface area (TPSA) is 45.1 Å². The maximum atomic E-state index is 12.6. The van der Waals surface area contributed by atoms with Crippen molar-refractivity contribution >= 4 is 0 Å². The van der Waals surface area contributed by atoms with Gasteiger partial charge in [-0.2, -0.15) is 13.2 Å². The van der Waals surface area contributed by atoms with Crippen LogP contribution >= 0.6 is 0 Å². The van der Waals surface area contributed by atoms with Gasteiger partial charge in [0.15, 0.2) is 0 Å². The molecule has 0 saturated heterocycles. The van der Waals surface area contributed by atoms with Crippen LogP contribution in [0.2, 0.25) is 0 Å². The largest absolute Gasteiger partial charge is 0.433 e. The van der Waals surface area contributed by atoms with Crippen LogP contribution in [0.25, 0.3) is 0 Å². The van der Waals surface area contributed by atoms with E-state index >= 15 is 0 Å². The van der Waals surface area contributed by atoms with Gasteiger partial charge in [-0.3, -0.25) is 0 Å².